The number of aliphatic hydroxyl groups is 1. The predicted molar refractivity (Wildman–Crippen MR) is 76.9 cm³/mol. The van der Waals surface area contributed by atoms with Gasteiger partial charge in [0.15, 0.2) is 0 Å². The second-order valence-corrected chi connectivity index (χ2v) is 6.40. The first-order chi connectivity index (χ1) is 9.44. The van der Waals surface area contributed by atoms with Gasteiger partial charge in [0.2, 0.25) is 10.0 Å². The van der Waals surface area contributed by atoms with Gasteiger partial charge in [-0.05, 0) is 26.3 Å². The predicted octanol–water partition coefficient (Wildman–Crippen LogP) is 1.09. The first-order valence-electron chi connectivity index (χ1n) is 6.85. The highest BCUT2D eigenvalue weighted by atomic mass is 32.2. The SMILES string of the molecule is CCCn1cc(S(=O)(=O)NCC(C)OCC)cc1CO. The van der Waals surface area contributed by atoms with Crippen LogP contribution in [0.5, 0.6) is 0 Å². The minimum absolute atomic E-state index is 0.176. The third kappa shape index (κ3) is 4.59. The van der Waals surface area contributed by atoms with Crippen molar-refractivity contribution in [1.29, 1.82) is 0 Å². The van der Waals surface area contributed by atoms with Gasteiger partial charge in [0.25, 0.3) is 0 Å². The van der Waals surface area contributed by atoms with Crippen molar-refractivity contribution in [1.82, 2.24) is 9.29 Å². The van der Waals surface area contributed by atoms with Crippen LogP contribution in [0, 0.1) is 0 Å². The third-order valence-corrected chi connectivity index (χ3v) is 4.30. The van der Waals surface area contributed by atoms with Gasteiger partial charge in [0, 0.05) is 31.6 Å². The molecular weight excluding hydrogens is 280 g/mol. The van der Waals surface area contributed by atoms with Crippen LogP contribution in [-0.2, 0) is 27.9 Å². The molecule has 1 unspecified atom stereocenters. The lowest BCUT2D eigenvalue weighted by molar-refractivity contribution is 0.0799. The molecule has 0 spiro atoms. The van der Waals surface area contributed by atoms with Crippen molar-refractivity contribution in [2.45, 2.75) is 51.3 Å². The molecule has 20 heavy (non-hydrogen) atoms. The van der Waals surface area contributed by atoms with Crippen LogP contribution in [0.25, 0.3) is 0 Å². The average molecular weight is 304 g/mol. The number of ether oxygens (including phenoxy) is 1. The molecule has 6 nitrogen and oxygen atoms in total. The first-order valence-corrected chi connectivity index (χ1v) is 8.34. The fourth-order valence-electron chi connectivity index (χ4n) is 1.91. The topological polar surface area (TPSA) is 80.6 Å². The number of hydrogen-bond acceptors (Lipinski definition) is 4. The van der Waals surface area contributed by atoms with E-state index in [1.165, 1.54) is 6.07 Å². The summed E-state index contributed by atoms with van der Waals surface area (Å²) >= 11 is 0. The summed E-state index contributed by atoms with van der Waals surface area (Å²) in [7, 11) is -3.57. The molecule has 0 saturated heterocycles. The molecule has 0 aliphatic carbocycles. The molecule has 1 atom stereocenters. The molecule has 1 aromatic heterocycles. The minimum Gasteiger partial charge on any atom is -0.390 e. The number of aliphatic hydroxyl groups excluding tert-OH is 1. The Balaban J connectivity index is 2.81. The van der Waals surface area contributed by atoms with E-state index in [9.17, 15) is 13.5 Å². The van der Waals surface area contributed by atoms with E-state index in [0.717, 1.165) is 6.42 Å². The van der Waals surface area contributed by atoms with Crippen molar-refractivity contribution in [2.24, 2.45) is 0 Å². The molecule has 0 aliphatic heterocycles. The summed E-state index contributed by atoms with van der Waals surface area (Å²) in [5, 5.41) is 9.26. The van der Waals surface area contributed by atoms with Crippen molar-refractivity contribution in [3.05, 3.63) is 18.0 Å². The Bertz CT molecular complexity index is 510. The van der Waals surface area contributed by atoms with Gasteiger partial charge in [-0.15, -0.1) is 0 Å². The normalized spacial score (nSPS) is 13.6. The van der Waals surface area contributed by atoms with Crippen LogP contribution < -0.4 is 4.72 Å². The molecule has 1 rings (SSSR count). The summed E-state index contributed by atoms with van der Waals surface area (Å²) in [5.74, 6) is 0. The van der Waals surface area contributed by atoms with Gasteiger partial charge in [0.05, 0.1) is 17.6 Å². The Labute approximate surface area is 120 Å². The van der Waals surface area contributed by atoms with E-state index in [4.69, 9.17) is 4.74 Å². The third-order valence-electron chi connectivity index (χ3n) is 2.91. The van der Waals surface area contributed by atoms with Crippen LogP contribution in [0.2, 0.25) is 0 Å². The van der Waals surface area contributed by atoms with Crippen LogP contribution in [0.3, 0.4) is 0 Å². The second kappa shape index (κ2) is 7.78. The molecular formula is C13H24N2O4S. The number of hydrogen-bond donors (Lipinski definition) is 2. The Morgan fingerprint density at radius 1 is 1.45 bits per heavy atom. The molecule has 1 aromatic rings. The zero-order chi connectivity index (χ0) is 15.2. The first kappa shape index (κ1) is 17.2. The van der Waals surface area contributed by atoms with E-state index in [1.54, 1.807) is 10.8 Å². The molecule has 0 fully saturated rings. The van der Waals surface area contributed by atoms with Crippen LogP contribution in [0.4, 0.5) is 0 Å². The maximum absolute atomic E-state index is 12.2. The van der Waals surface area contributed by atoms with Gasteiger partial charge < -0.3 is 14.4 Å². The van der Waals surface area contributed by atoms with Crippen molar-refractivity contribution in [2.75, 3.05) is 13.2 Å². The average Bonchev–Trinajstić information content (AvgIpc) is 2.81. The zero-order valence-corrected chi connectivity index (χ0v) is 13.1. The molecule has 116 valence electrons. The van der Waals surface area contributed by atoms with Gasteiger partial charge in [-0.2, -0.15) is 0 Å². The lowest BCUT2D eigenvalue weighted by atomic mass is 10.4. The smallest absolute Gasteiger partial charge is 0.242 e. The lowest BCUT2D eigenvalue weighted by Crippen LogP contribution is -2.32. The largest absolute Gasteiger partial charge is 0.390 e. The zero-order valence-electron chi connectivity index (χ0n) is 12.3. The standard InChI is InChI=1S/C13H24N2O4S/c1-4-6-15-9-13(7-12(15)10-16)20(17,18)14-8-11(3)19-5-2/h7,9,11,14,16H,4-6,8,10H2,1-3H3. The van der Waals surface area contributed by atoms with Crippen LogP contribution >= 0.6 is 0 Å². The summed E-state index contributed by atoms with van der Waals surface area (Å²) in [4.78, 5) is 0.179. The van der Waals surface area contributed by atoms with E-state index in [0.29, 0.717) is 18.8 Å². The molecule has 0 aromatic carbocycles. The van der Waals surface area contributed by atoms with E-state index >= 15 is 0 Å². The van der Waals surface area contributed by atoms with Crippen molar-refractivity contribution >= 4 is 10.0 Å². The quantitative estimate of drug-likeness (QED) is 0.716. The number of aryl methyl sites for hydroxylation is 1. The fraction of sp³-hybridized carbons (Fsp3) is 0.692. The number of sulfonamides is 1. The van der Waals surface area contributed by atoms with Gasteiger partial charge >= 0.3 is 0 Å². The Kier molecular flexibility index (Phi) is 6.67. The van der Waals surface area contributed by atoms with Crippen molar-refractivity contribution in [3.8, 4) is 0 Å². The monoisotopic (exact) mass is 304 g/mol. The van der Waals surface area contributed by atoms with E-state index in [1.807, 2.05) is 20.8 Å². The highest BCUT2D eigenvalue weighted by molar-refractivity contribution is 7.89. The molecule has 0 amide bonds. The Hall–Kier alpha value is -0.890. The van der Waals surface area contributed by atoms with Crippen LogP contribution in [-0.4, -0.2) is 37.3 Å². The Morgan fingerprint density at radius 2 is 2.15 bits per heavy atom. The molecule has 0 aliphatic rings. The summed E-state index contributed by atoms with van der Waals surface area (Å²) in [6, 6.07) is 1.50. The maximum atomic E-state index is 12.2. The number of nitrogens with one attached hydrogen (secondary N) is 1. The highest BCUT2D eigenvalue weighted by Crippen LogP contribution is 2.15. The molecule has 0 radical (unpaired) electrons. The van der Waals surface area contributed by atoms with Crippen LogP contribution in [0.1, 0.15) is 32.9 Å². The van der Waals surface area contributed by atoms with Gasteiger partial charge in [-0.3, -0.25) is 0 Å². The van der Waals surface area contributed by atoms with Crippen molar-refractivity contribution < 1.29 is 18.3 Å². The van der Waals surface area contributed by atoms with Gasteiger partial charge in [-0.1, -0.05) is 6.92 Å². The van der Waals surface area contributed by atoms with E-state index in [2.05, 4.69) is 4.72 Å². The van der Waals surface area contributed by atoms with Crippen LogP contribution in [0.15, 0.2) is 17.2 Å². The van der Waals surface area contributed by atoms with E-state index in [-0.39, 0.29) is 24.2 Å². The maximum Gasteiger partial charge on any atom is 0.242 e. The molecule has 0 saturated carbocycles. The number of nitrogens with zero attached hydrogens (tertiary/aromatic N) is 1. The number of rotatable bonds is 9. The van der Waals surface area contributed by atoms with Crippen molar-refractivity contribution in [3.63, 3.8) is 0 Å². The van der Waals surface area contributed by atoms with Gasteiger partial charge in [0.1, 0.15) is 0 Å². The summed E-state index contributed by atoms with van der Waals surface area (Å²) in [6.45, 7) is 6.95. The van der Waals surface area contributed by atoms with E-state index < -0.39 is 10.0 Å². The summed E-state index contributed by atoms with van der Waals surface area (Å²) < 4.78 is 33.9. The molecule has 2 N–H and O–H groups in total. The van der Waals surface area contributed by atoms with Gasteiger partial charge in [-0.25, -0.2) is 13.1 Å². The molecule has 1 heterocycles. The second-order valence-electron chi connectivity index (χ2n) is 4.64. The number of aromatic nitrogens is 1. The Morgan fingerprint density at radius 3 is 2.70 bits per heavy atom. The lowest BCUT2D eigenvalue weighted by Gasteiger charge is -2.12. The summed E-state index contributed by atoms with van der Waals surface area (Å²) in [5.41, 5.74) is 0.602. The molecule has 0 bridgehead atoms. The highest BCUT2D eigenvalue weighted by Gasteiger charge is 2.18. The summed E-state index contributed by atoms with van der Waals surface area (Å²) in [6.07, 6.45) is 2.25. The minimum atomic E-state index is -3.57. The molecule has 7 heteroatoms. The fourth-order valence-corrected chi connectivity index (χ4v) is 3.09.